The van der Waals surface area contributed by atoms with E-state index >= 15 is 0 Å². The molecule has 3 aromatic carbocycles. The second-order valence-corrected chi connectivity index (χ2v) is 9.31. The Labute approximate surface area is 236 Å². The number of hydrazone groups is 1. The second-order valence-electron chi connectivity index (χ2n) is 7.27. The Morgan fingerprint density at radius 1 is 0.919 bits per heavy atom. The largest absolute Gasteiger partial charge is 0.490 e. The van der Waals surface area contributed by atoms with Crippen LogP contribution in [0, 0.1) is 3.57 Å². The third kappa shape index (κ3) is 8.92. The number of ether oxygens (including phenoxy) is 2. The molecule has 3 N–H and O–H groups in total. The first-order valence-electron chi connectivity index (χ1n) is 10.8. The molecule has 3 aromatic rings. The van der Waals surface area contributed by atoms with Crippen molar-refractivity contribution in [2.45, 2.75) is 6.92 Å². The highest BCUT2D eigenvalue weighted by molar-refractivity contribution is 14.1. The van der Waals surface area contributed by atoms with Crippen LogP contribution in [0.4, 0.5) is 11.4 Å². The molecule has 0 bridgehead atoms. The molecule has 0 radical (unpaired) electrons. The van der Waals surface area contributed by atoms with Crippen molar-refractivity contribution in [2.75, 3.05) is 23.8 Å². The summed E-state index contributed by atoms with van der Waals surface area (Å²) in [6.07, 6.45) is 1.35. The Kier molecular flexibility index (Phi) is 10.5. The lowest BCUT2D eigenvalue weighted by atomic mass is 10.2. The van der Waals surface area contributed by atoms with E-state index in [-0.39, 0.29) is 12.5 Å². The number of hydrogen-bond acceptors (Lipinski definition) is 6. The first-order valence-corrected chi connectivity index (χ1v) is 12.6. The van der Waals surface area contributed by atoms with Crippen molar-refractivity contribution in [3.8, 4) is 11.5 Å². The fourth-order valence-electron chi connectivity index (χ4n) is 2.90. The molecule has 0 aliphatic heterocycles. The standard InChI is InChI=1S/C25H21Cl2IN4O5/c1-2-36-21-11-15(13-29-32-25(35)24(34)31-19-5-3-4-17(27)12-19)10-20(28)23(21)37-14-22(33)30-18-8-6-16(26)7-9-18/h3-13H,2,14H2,1H3,(H,30,33)(H,31,34)(H,32,35)/b29-13-. The summed E-state index contributed by atoms with van der Waals surface area (Å²) < 4.78 is 12.0. The molecule has 0 atom stereocenters. The van der Waals surface area contributed by atoms with Crippen molar-refractivity contribution in [1.82, 2.24) is 5.43 Å². The van der Waals surface area contributed by atoms with E-state index in [0.29, 0.717) is 48.7 Å². The maximum absolute atomic E-state index is 12.3. The predicted molar refractivity (Wildman–Crippen MR) is 152 cm³/mol. The van der Waals surface area contributed by atoms with Gasteiger partial charge in [-0.1, -0.05) is 29.3 Å². The van der Waals surface area contributed by atoms with Crippen LogP contribution in [-0.2, 0) is 14.4 Å². The van der Waals surface area contributed by atoms with Crippen LogP contribution in [0.2, 0.25) is 10.0 Å². The van der Waals surface area contributed by atoms with Crippen LogP contribution in [-0.4, -0.2) is 37.1 Å². The minimum Gasteiger partial charge on any atom is -0.490 e. The fourth-order valence-corrected chi connectivity index (χ4v) is 4.00. The maximum Gasteiger partial charge on any atom is 0.329 e. The van der Waals surface area contributed by atoms with Crippen LogP contribution in [0.15, 0.2) is 65.8 Å². The number of nitrogens with one attached hydrogen (secondary N) is 3. The van der Waals surface area contributed by atoms with Gasteiger partial charge in [-0.2, -0.15) is 5.10 Å². The smallest absolute Gasteiger partial charge is 0.329 e. The van der Waals surface area contributed by atoms with E-state index in [1.165, 1.54) is 12.3 Å². The summed E-state index contributed by atoms with van der Waals surface area (Å²) in [6.45, 7) is 1.91. The van der Waals surface area contributed by atoms with Gasteiger partial charge in [-0.25, -0.2) is 5.43 Å². The first-order chi connectivity index (χ1) is 17.7. The predicted octanol–water partition coefficient (Wildman–Crippen LogP) is 5.10. The van der Waals surface area contributed by atoms with Crippen molar-refractivity contribution in [3.05, 3.63) is 79.8 Å². The first kappa shape index (κ1) is 28.2. The molecule has 37 heavy (non-hydrogen) atoms. The number of amides is 3. The minimum absolute atomic E-state index is 0.246. The third-order valence-corrected chi connectivity index (χ3v) is 5.76. The summed E-state index contributed by atoms with van der Waals surface area (Å²) in [5.41, 5.74) is 3.71. The van der Waals surface area contributed by atoms with Gasteiger partial charge in [0.1, 0.15) is 0 Å². The SMILES string of the molecule is CCOc1cc(/C=N\NC(=O)C(=O)Nc2cccc(Cl)c2)cc(I)c1OCC(=O)Nc1ccc(Cl)cc1. The number of halogens is 3. The van der Waals surface area contributed by atoms with Crippen LogP contribution < -0.4 is 25.5 Å². The number of carbonyl (C=O) groups excluding carboxylic acids is 3. The summed E-state index contributed by atoms with van der Waals surface area (Å²) in [4.78, 5) is 36.4. The Hall–Kier alpha value is -3.35. The minimum atomic E-state index is -0.956. The fraction of sp³-hybridized carbons (Fsp3) is 0.120. The molecule has 0 saturated carbocycles. The van der Waals surface area contributed by atoms with Gasteiger partial charge in [0, 0.05) is 21.4 Å². The summed E-state index contributed by atoms with van der Waals surface area (Å²) in [5, 5.41) is 9.97. The van der Waals surface area contributed by atoms with Crippen LogP contribution in [0.3, 0.4) is 0 Å². The monoisotopic (exact) mass is 654 g/mol. The average Bonchev–Trinajstić information content (AvgIpc) is 2.85. The van der Waals surface area contributed by atoms with Gasteiger partial charge in [0.2, 0.25) is 0 Å². The third-order valence-electron chi connectivity index (χ3n) is 4.48. The highest BCUT2D eigenvalue weighted by Crippen LogP contribution is 2.34. The van der Waals surface area contributed by atoms with Crippen LogP contribution in [0.5, 0.6) is 11.5 Å². The molecule has 0 heterocycles. The van der Waals surface area contributed by atoms with Crippen LogP contribution in [0.25, 0.3) is 0 Å². The van der Waals surface area contributed by atoms with Gasteiger partial charge in [0.05, 0.1) is 16.4 Å². The van der Waals surface area contributed by atoms with Crippen LogP contribution in [0.1, 0.15) is 12.5 Å². The Bertz CT molecular complexity index is 1320. The van der Waals surface area contributed by atoms with E-state index in [2.05, 4.69) is 21.2 Å². The number of benzene rings is 3. The van der Waals surface area contributed by atoms with Crippen molar-refractivity contribution in [3.63, 3.8) is 0 Å². The number of rotatable bonds is 9. The molecule has 9 nitrogen and oxygen atoms in total. The second kappa shape index (κ2) is 13.8. The van der Waals surface area contributed by atoms with E-state index < -0.39 is 11.8 Å². The Morgan fingerprint density at radius 3 is 2.38 bits per heavy atom. The molecular formula is C25H21Cl2IN4O5. The maximum atomic E-state index is 12.3. The van der Waals surface area contributed by atoms with E-state index in [0.717, 1.165) is 0 Å². The highest BCUT2D eigenvalue weighted by atomic mass is 127. The lowest BCUT2D eigenvalue weighted by Gasteiger charge is -2.14. The molecule has 12 heteroatoms. The number of anilines is 2. The quantitative estimate of drug-likeness (QED) is 0.128. The molecule has 3 amide bonds. The van der Waals surface area contributed by atoms with E-state index in [1.54, 1.807) is 54.6 Å². The Morgan fingerprint density at radius 2 is 1.68 bits per heavy atom. The van der Waals surface area contributed by atoms with Crippen molar-refractivity contribution < 1.29 is 23.9 Å². The van der Waals surface area contributed by atoms with E-state index in [9.17, 15) is 14.4 Å². The zero-order valence-corrected chi connectivity index (χ0v) is 23.1. The van der Waals surface area contributed by atoms with Crippen molar-refractivity contribution in [1.29, 1.82) is 0 Å². The summed E-state index contributed by atoms with van der Waals surface area (Å²) >= 11 is 13.8. The molecule has 0 spiro atoms. The van der Waals surface area contributed by atoms with Gasteiger partial charge < -0.3 is 20.1 Å². The molecule has 3 rings (SSSR count). The average molecular weight is 655 g/mol. The lowest BCUT2D eigenvalue weighted by molar-refractivity contribution is -0.136. The van der Waals surface area contributed by atoms with Gasteiger partial charge >= 0.3 is 11.8 Å². The molecule has 0 aliphatic rings. The van der Waals surface area contributed by atoms with Gasteiger partial charge in [-0.3, -0.25) is 14.4 Å². The number of hydrogen-bond donors (Lipinski definition) is 3. The molecule has 0 aromatic heterocycles. The molecule has 192 valence electrons. The van der Waals surface area contributed by atoms with Crippen molar-refractivity contribution in [2.24, 2.45) is 5.10 Å². The van der Waals surface area contributed by atoms with Gasteiger partial charge in [-0.05, 0) is 89.7 Å². The van der Waals surface area contributed by atoms with Gasteiger partial charge in [0.15, 0.2) is 18.1 Å². The Balaban J connectivity index is 1.61. The van der Waals surface area contributed by atoms with Crippen LogP contribution >= 0.6 is 45.8 Å². The molecule has 0 aliphatic carbocycles. The molecule has 0 unspecified atom stereocenters. The molecule has 0 fully saturated rings. The number of nitrogens with zero attached hydrogens (tertiary/aromatic N) is 1. The van der Waals surface area contributed by atoms with Crippen molar-refractivity contribution >= 4 is 81.1 Å². The summed E-state index contributed by atoms with van der Waals surface area (Å²) in [5.74, 6) is -1.44. The zero-order chi connectivity index (χ0) is 26.8. The van der Waals surface area contributed by atoms with Gasteiger partial charge in [-0.15, -0.1) is 0 Å². The molecular weight excluding hydrogens is 634 g/mol. The lowest BCUT2D eigenvalue weighted by Crippen LogP contribution is -2.32. The summed E-state index contributed by atoms with van der Waals surface area (Å²) in [7, 11) is 0. The van der Waals surface area contributed by atoms with Gasteiger partial charge in [0.25, 0.3) is 5.91 Å². The zero-order valence-electron chi connectivity index (χ0n) is 19.4. The van der Waals surface area contributed by atoms with E-state index in [1.807, 2.05) is 29.5 Å². The molecule has 0 saturated heterocycles. The normalized spacial score (nSPS) is 10.6. The van der Waals surface area contributed by atoms with E-state index in [4.69, 9.17) is 32.7 Å². The summed E-state index contributed by atoms with van der Waals surface area (Å²) in [6, 6.07) is 16.5. The topological polar surface area (TPSA) is 118 Å². The number of carbonyl (C=O) groups is 3. The highest BCUT2D eigenvalue weighted by Gasteiger charge is 2.15.